The first-order chi connectivity index (χ1) is 21.3. The Labute approximate surface area is 259 Å². The van der Waals surface area contributed by atoms with Crippen LogP contribution in [0.4, 0.5) is 17.5 Å². The van der Waals surface area contributed by atoms with E-state index in [-0.39, 0.29) is 11.8 Å². The van der Waals surface area contributed by atoms with E-state index in [1.165, 1.54) is 16.5 Å². The Kier molecular flexibility index (Phi) is 11.8. The summed E-state index contributed by atoms with van der Waals surface area (Å²) < 4.78 is 5.55. The van der Waals surface area contributed by atoms with Crippen molar-refractivity contribution in [2.45, 2.75) is 19.4 Å². The van der Waals surface area contributed by atoms with Gasteiger partial charge in [0.25, 0.3) is 0 Å². The van der Waals surface area contributed by atoms with Crippen LogP contribution in [0.5, 0.6) is 0 Å². The van der Waals surface area contributed by atoms with Crippen LogP contribution in [0.25, 0.3) is 0 Å². The number of hydrogen-bond donors (Lipinski definition) is 2. The molecule has 1 unspecified atom stereocenters. The van der Waals surface area contributed by atoms with Gasteiger partial charge in [0.05, 0.1) is 25.0 Å². The van der Waals surface area contributed by atoms with Crippen LogP contribution < -0.4 is 15.5 Å². The molecule has 1 aliphatic rings. The third-order valence-corrected chi connectivity index (χ3v) is 7.04. The van der Waals surface area contributed by atoms with Gasteiger partial charge in [-0.3, -0.25) is 14.6 Å². The predicted octanol–water partition coefficient (Wildman–Crippen LogP) is 2.67. The van der Waals surface area contributed by atoms with E-state index >= 15 is 0 Å². The summed E-state index contributed by atoms with van der Waals surface area (Å²) in [5.74, 6) is 7.21. The molecule has 11 heteroatoms. The zero-order valence-corrected chi connectivity index (χ0v) is 25.8. The van der Waals surface area contributed by atoms with Crippen LogP contribution in [0.2, 0.25) is 0 Å². The van der Waals surface area contributed by atoms with Crippen molar-refractivity contribution in [3.05, 3.63) is 83.8 Å². The Bertz CT molecular complexity index is 1490. The molecule has 2 amide bonds. The normalized spacial score (nSPS) is 13.7. The quantitative estimate of drug-likeness (QED) is 0.255. The summed E-state index contributed by atoms with van der Waals surface area (Å²) in [7, 11) is 5.46. The monoisotopic (exact) mass is 596 g/mol. The number of aromatic nitrogens is 3. The van der Waals surface area contributed by atoms with Crippen LogP contribution >= 0.6 is 0 Å². The van der Waals surface area contributed by atoms with Gasteiger partial charge in [-0.05, 0) is 63.3 Å². The third-order valence-electron chi connectivity index (χ3n) is 7.04. The van der Waals surface area contributed by atoms with Gasteiger partial charge in [0, 0.05) is 62.9 Å². The minimum absolute atomic E-state index is 0.234. The number of carbonyl (C=O) groups excluding carboxylic acids is 2. The van der Waals surface area contributed by atoms with Crippen molar-refractivity contribution in [3.63, 3.8) is 0 Å². The standard InChI is InChI=1S/C33H40N8O3/c1-25(40(4)30(42)9-6-18-39(2)3)32(43)37-29-8-5-7-27(23-29)10-11-28-24-36-33(35-17-14-26-12-15-34-16-13-26)38-31(28)41-19-21-44-22-20-41/h5-9,12-13,15-16,23-25H,14,17-22H2,1-4H3,(H,37,43)(H,35,36,38)/b9-6+. The molecule has 0 saturated carbocycles. The SMILES string of the molecule is CC(C(=O)Nc1cccc(C#Cc2cnc(NCCc3ccncc3)nc2N2CCOCC2)c1)N(C)C(=O)/C=C/CN(C)C. The molecule has 230 valence electrons. The highest BCUT2D eigenvalue weighted by molar-refractivity contribution is 5.98. The lowest BCUT2D eigenvalue weighted by Crippen LogP contribution is -2.42. The molecule has 1 atom stereocenters. The van der Waals surface area contributed by atoms with Gasteiger partial charge in [0.1, 0.15) is 11.9 Å². The number of carbonyl (C=O) groups is 2. The molecule has 0 spiro atoms. The minimum atomic E-state index is -0.661. The van der Waals surface area contributed by atoms with Crippen molar-refractivity contribution < 1.29 is 14.3 Å². The van der Waals surface area contributed by atoms with Crippen molar-refractivity contribution in [1.29, 1.82) is 0 Å². The highest BCUT2D eigenvalue weighted by Crippen LogP contribution is 2.20. The topological polar surface area (TPSA) is 116 Å². The van der Waals surface area contributed by atoms with Crippen LogP contribution in [-0.2, 0) is 20.7 Å². The summed E-state index contributed by atoms with van der Waals surface area (Å²) in [6.45, 7) is 5.69. The molecule has 1 aliphatic heterocycles. The van der Waals surface area contributed by atoms with Gasteiger partial charge in [-0.25, -0.2) is 4.98 Å². The molecule has 4 rings (SSSR count). The Morgan fingerprint density at radius 3 is 2.64 bits per heavy atom. The maximum Gasteiger partial charge on any atom is 0.246 e. The fourth-order valence-electron chi connectivity index (χ4n) is 4.34. The van der Waals surface area contributed by atoms with Crippen LogP contribution in [0.3, 0.4) is 0 Å². The zero-order valence-electron chi connectivity index (χ0n) is 25.8. The van der Waals surface area contributed by atoms with Crippen molar-refractivity contribution in [3.8, 4) is 11.8 Å². The smallest absolute Gasteiger partial charge is 0.246 e. The first-order valence-electron chi connectivity index (χ1n) is 14.6. The number of anilines is 3. The van der Waals surface area contributed by atoms with Crippen LogP contribution in [0.15, 0.2) is 67.1 Å². The molecule has 2 aromatic heterocycles. The number of pyridine rings is 1. The van der Waals surface area contributed by atoms with Gasteiger partial charge in [0.2, 0.25) is 17.8 Å². The molecular weight excluding hydrogens is 556 g/mol. The molecule has 0 bridgehead atoms. The van der Waals surface area contributed by atoms with Crippen LogP contribution in [-0.4, -0.2) is 103 Å². The van der Waals surface area contributed by atoms with E-state index in [2.05, 4.69) is 37.3 Å². The summed E-state index contributed by atoms with van der Waals surface area (Å²) in [5.41, 5.74) is 3.21. The second kappa shape index (κ2) is 16.2. The summed E-state index contributed by atoms with van der Waals surface area (Å²) in [6, 6.07) is 10.6. The fraction of sp³-hybridized carbons (Fsp3) is 0.364. The molecule has 2 N–H and O–H groups in total. The van der Waals surface area contributed by atoms with Gasteiger partial charge in [-0.2, -0.15) is 4.98 Å². The van der Waals surface area contributed by atoms with E-state index in [9.17, 15) is 9.59 Å². The maximum absolute atomic E-state index is 12.9. The molecule has 1 saturated heterocycles. The summed E-state index contributed by atoms with van der Waals surface area (Å²) in [6.07, 6.45) is 9.40. The molecule has 1 aromatic carbocycles. The van der Waals surface area contributed by atoms with Gasteiger partial charge in [-0.1, -0.05) is 24.0 Å². The summed E-state index contributed by atoms with van der Waals surface area (Å²) >= 11 is 0. The number of amides is 2. The van der Waals surface area contributed by atoms with E-state index in [0.717, 1.165) is 17.8 Å². The molecule has 11 nitrogen and oxygen atoms in total. The number of likely N-dealkylation sites (N-methyl/N-ethyl adjacent to an activating group) is 2. The second-order valence-corrected chi connectivity index (χ2v) is 10.7. The predicted molar refractivity (Wildman–Crippen MR) is 172 cm³/mol. The fourth-order valence-corrected chi connectivity index (χ4v) is 4.34. The number of nitrogens with zero attached hydrogens (tertiary/aromatic N) is 6. The molecule has 0 radical (unpaired) electrons. The molecule has 3 heterocycles. The molecule has 44 heavy (non-hydrogen) atoms. The van der Waals surface area contributed by atoms with Crippen molar-refractivity contribution in [1.82, 2.24) is 24.8 Å². The third kappa shape index (κ3) is 9.62. The Morgan fingerprint density at radius 1 is 1.11 bits per heavy atom. The van der Waals surface area contributed by atoms with Crippen LogP contribution in [0, 0.1) is 11.8 Å². The van der Waals surface area contributed by atoms with Crippen LogP contribution in [0.1, 0.15) is 23.6 Å². The lowest BCUT2D eigenvalue weighted by Gasteiger charge is -2.28. The van der Waals surface area contributed by atoms with E-state index in [1.807, 2.05) is 43.3 Å². The molecule has 1 fully saturated rings. The number of ether oxygens (including phenoxy) is 1. The van der Waals surface area contributed by atoms with Gasteiger partial charge < -0.3 is 30.1 Å². The number of morpholine rings is 1. The van der Waals surface area contributed by atoms with Gasteiger partial charge >= 0.3 is 0 Å². The molecular formula is C33H40N8O3. The van der Waals surface area contributed by atoms with Gasteiger partial charge in [-0.15, -0.1) is 0 Å². The lowest BCUT2D eigenvalue weighted by molar-refractivity contribution is -0.132. The van der Waals surface area contributed by atoms with E-state index in [0.29, 0.717) is 56.6 Å². The average Bonchev–Trinajstić information content (AvgIpc) is 3.04. The first-order valence-corrected chi connectivity index (χ1v) is 14.6. The maximum atomic E-state index is 12.9. The number of rotatable bonds is 11. The van der Waals surface area contributed by atoms with Crippen molar-refractivity contribution in [2.75, 3.05) is 76.1 Å². The highest BCUT2D eigenvalue weighted by atomic mass is 16.5. The zero-order chi connectivity index (χ0) is 31.3. The van der Waals surface area contributed by atoms with E-state index in [1.54, 1.807) is 50.8 Å². The first kappa shape index (κ1) is 32.1. The second-order valence-electron chi connectivity index (χ2n) is 10.7. The lowest BCUT2D eigenvalue weighted by atomic mass is 10.1. The highest BCUT2D eigenvalue weighted by Gasteiger charge is 2.21. The Morgan fingerprint density at radius 2 is 1.89 bits per heavy atom. The molecule has 3 aromatic rings. The largest absolute Gasteiger partial charge is 0.378 e. The van der Waals surface area contributed by atoms with E-state index in [4.69, 9.17) is 9.72 Å². The minimum Gasteiger partial charge on any atom is -0.378 e. The Hall–Kier alpha value is -4.79. The Balaban J connectivity index is 1.44. The number of nitrogens with one attached hydrogen (secondary N) is 2. The van der Waals surface area contributed by atoms with Crippen molar-refractivity contribution in [2.24, 2.45) is 0 Å². The average molecular weight is 597 g/mol. The van der Waals surface area contributed by atoms with Gasteiger partial charge in [0.15, 0.2) is 0 Å². The number of hydrogen-bond acceptors (Lipinski definition) is 9. The summed E-state index contributed by atoms with van der Waals surface area (Å²) in [4.78, 5) is 44.3. The van der Waals surface area contributed by atoms with E-state index < -0.39 is 6.04 Å². The van der Waals surface area contributed by atoms with Crippen molar-refractivity contribution >= 4 is 29.3 Å². The summed E-state index contributed by atoms with van der Waals surface area (Å²) in [5, 5.41) is 6.22. The molecule has 0 aliphatic carbocycles. The number of benzene rings is 1.